The number of aromatic hydroxyl groups is 1. The lowest BCUT2D eigenvalue weighted by molar-refractivity contribution is 0.301. The van der Waals surface area contributed by atoms with Crippen LogP contribution in [0, 0.1) is 0 Å². The topological polar surface area (TPSA) is 97.7 Å². The van der Waals surface area contributed by atoms with Crippen LogP contribution in [-0.2, 0) is 0 Å². The molecule has 0 unspecified atom stereocenters. The molecule has 7 heteroatoms. The van der Waals surface area contributed by atoms with Crippen LogP contribution in [0.5, 0.6) is 11.5 Å². The Balaban J connectivity index is 1.74. The van der Waals surface area contributed by atoms with Crippen molar-refractivity contribution in [2.45, 2.75) is 12.8 Å². The van der Waals surface area contributed by atoms with Crippen LogP contribution < -0.4 is 21.4 Å². The van der Waals surface area contributed by atoms with Crippen molar-refractivity contribution in [3.05, 3.63) is 70.8 Å². The Kier molecular flexibility index (Phi) is 6.73. The highest BCUT2D eigenvalue weighted by Crippen LogP contribution is 2.37. The molecule has 3 aromatic rings. The van der Waals surface area contributed by atoms with E-state index in [1.165, 1.54) is 6.07 Å². The number of phenolic OH excluding ortho intramolecular Hbond substituents is 1. The van der Waals surface area contributed by atoms with E-state index in [9.17, 15) is 14.3 Å². The molecule has 0 saturated heterocycles. The zero-order chi connectivity index (χ0) is 20.6. The molecular formula is C22H23FN2O4. The fraction of sp³-hybridized carbons (Fsp3) is 0.227. The number of hydrogen-bond donors (Lipinski definition) is 3. The van der Waals surface area contributed by atoms with E-state index in [1.807, 2.05) is 30.3 Å². The number of halogens is 1. The van der Waals surface area contributed by atoms with Gasteiger partial charge in [0.2, 0.25) is 5.75 Å². The van der Waals surface area contributed by atoms with Crippen molar-refractivity contribution >= 4 is 11.0 Å². The van der Waals surface area contributed by atoms with E-state index < -0.39 is 12.3 Å². The Bertz CT molecular complexity index is 1050. The minimum atomic E-state index is -0.556. The van der Waals surface area contributed by atoms with Crippen molar-refractivity contribution < 1.29 is 18.7 Å². The molecule has 2 aromatic carbocycles. The van der Waals surface area contributed by atoms with Crippen molar-refractivity contribution in [3.63, 3.8) is 0 Å². The summed E-state index contributed by atoms with van der Waals surface area (Å²) in [7, 11) is 0. The highest BCUT2D eigenvalue weighted by Gasteiger charge is 2.15. The number of nitrogens with one attached hydrogen (secondary N) is 1. The second-order valence-electron chi connectivity index (χ2n) is 6.45. The third-order valence-electron chi connectivity index (χ3n) is 4.32. The van der Waals surface area contributed by atoms with Crippen molar-refractivity contribution in [2.75, 3.05) is 19.8 Å². The number of nitrogens with two attached hydrogens (primary N) is 1. The summed E-state index contributed by atoms with van der Waals surface area (Å²) in [6, 6.07) is 14.2. The third kappa shape index (κ3) is 5.07. The number of rotatable bonds is 9. The van der Waals surface area contributed by atoms with Crippen LogP contribution >= 0.6 is 0 Å². The summed E-state index contributed by atoms with van der Waals surface area (Å²) in [5, 5.41) is 14.1. The predicted molar refractivity (Wildman–Crippen MR) is 111 cm³/mol. The van der Waals surface area contributed by atoms with Crippen LogP contribution in [0.15, 0.2) is 69.6 Å². The number of fused-ring (bicyclic) bond motifs is 1. The van der Waals surface area contributed by atoms with Crippen LogP contribution in [0.2, 0.25) is 0 Å². The maximum Gasteiger partial charge on any atom is 0.336 e. The second-order valence-corrected chi connectivity index (χ2v) is 6.45. The molecule has 152 valence electrons. The second kappa shape index (κ2) is 9.64. The van der Waals surface area contributed by atoms with Gasteiger partial charge in [0.1, 0.15) is 6.61 Å². The van der Waals surface area contributed by atoms with Gasteiger partial charge < -0.3 is 25.3 Å². The van der Waals surface area contributed by atoms with Gasteiger partial charge in [-0.05, 0) is 36.1 Å². The monoisotopic (exact) mass is 398 g/mol. The molecule has 0 bridgehead atoms. The van der Waals surface area contributed by atoms with Gasteiger partial charge in [0.15, 0.2) is 11.3 Å². The summed E-state index contributed by atoms with van der Waals surface area (Å²) in [6.07, 6.45) is 2.49. The number of alkyl halides is 1. The molecule has 0 fully saturated rings. The van der Waals surface area contributed by atoms with Crippen LogP contribution in [-0.4, -0.2) is 24.9 Å². The van der Waals surface area contributed by atoms with Crippen LogP contribution in [0.3, 0.4) is 0 Å². The highest BCUT2D eigenvalue weighted by molar-refractivity contribution is 5.97. The molecule has 0 spiro atoms. The summed E-state index contributed by atoms with van der Waals surface area (Å²) in [5.74, 6) is -0.0163. The van der Waals surface area contributed by atoms with Crippen molar-refractivity contribution in [2.24, 2.45) is 5.73 Å². The molecule has 0 aliphatic heterocycles. The summed E-state index contributed by atoms with van der Waals surface area (Å²) < 4.78 is 22.9. The van der Waals surface area contributed by atoms with E-state index in [0.29, 0.717) is 36.0 Å². The van der Waals surface area contributed by atoms with E-state index in [1.54, 1.807) is 18.3 Å². The molecule has 0 aliphatic rings. The van der Waals surface area contributed by atoms with E-state index in [0.717, 1.165) is 5.56 Å². The van der Waals surface area contributed by atoms with Crippen molar-refractivity contribution in [1.82, 2.24) is 5.32 Å². The van der Waals surface area contributed by atoms with Crippen molar-refractivity contribution in [1.29, 1.82) is 0 Å². The summed E-state index contributed by atoms with van der Waals surface area (Å²) >= 11 is 0. The van der Waals surface area contributed by atoms with E-state index in [4.69, 9.17) is 14.9 Å². The SMILES string of the molecule is N/C(=C\NCCOc1ccc2c(-c3ccccc3)cc(=O)oc2c1O)CCCF. The Morgan fingerprint density at radius 3 is 2.79 bits per heavy atom. The Hall–Kier alpha value is -3.48. The number of phenols is 1. The molecule has 1 aromatic heterocycles. The Labute approximate surface area is 167 Å². The number of benzene rings is 2. The number of allylic oxidation sites excluding steroid dienone is 1. The van der Waals surface area contributed by atoms with Gasteiger partial charge in [-0.3, -0.25) is 4.39 Å². The molecule has 0 atom stereocenters. The maximum atomic E-state index is 12.1. The molecule has 3 rings (SSSR count). The lowest BCUT2D eigenvalue weighted by Crippen LogP contribution is -2.17. The molecule has 0 amide bonds. The number of hydrogen-bond acceptors (Lipinski definition) is 6. The Morgan fingerprint density at radius 2 is 2.03 bits per heavy atom. The lowest BCUT2D eigenvalue weighted by atomic mass is 10.0. The van der Waals surface area contributed by atoms with Crippen LogP contribution in [0.4, 0.5) is 4.39 Å². The van der Waals surface area contributed by atoms with E-state index in [-0.39, 0.29) is 23.7 Å². The summed E-state index contributed by atoms with van der Waals surface area (Å²) in [6.45, 7) is 0.275. The van der Waals surface area contributed by atoms with Gasteiger partial charge in [-0.2, -0.15) is 0 Å². The van der Waals surface area contributed by atoms with Gasteiger partial charge >= 0.3 is 5.63 Å². The lowest BCUT2D eigenvalue weighted by Gasteiger charge is -2.11. The molecule has 6 nitrogen and oxygen atoms in total. The molecular weight excluding hydrogens is 375 g/mol. The quantitative estimate of drug-likeness (QED) is 0.376. The first-order chi connectivity index (χ1) is 14.1. The van der Waals surface area contributed by atoms with Crippen LogP contribution in [0.1, 0.15) is 12.8 Å². The first kappa shape index (κ1) is 20.3. The minimum Gasteiger partial charge on any atom is -0.502 e. The maximum absolute atomic E-state index is 12.1. The summed E-state index contributed by atoms with van der Waals surface area (Å²) in [4.78, 5) is 12.0. The molecule has 0 saturated carbocycles. The van der Waals surface area contributed by atoms with Crippen molar-refractivity contribution in [3.8, 4) is 22.6 Å². The normalized spacial score (nSPS) is 11.6. The predicted octanol–water partition coefficient (Wildman–Crippen LogP) is 3.68. The first-order valence-corrected chi connectivity index (χ1v) is 9.32. The number of ether oxygens (including phenoxy) is 1. The van der Waals surface area contributed by atoms with Gasteiger partial charge in [-0.15, -0.1) is 0 Å². The smallest absolute Gasteiger partial charge is 0.336 e. The van der Waals surface area contributed by atoms with E-state index >= 15 is 0 Å². The van der Waals surface area contributed by atoms with Crippen LogP contribution in [0.25, 0.3) is 22.1 Å². The molecule has 29 heavy (non-hydrogen) atoms. The fourth-order valence-electron chi connectivity index (χ4n) is 2.93. The minimum absolute atomic E-state index is 0.0807. The van der Waals surface area contributed by atoms with Gasteiger partial charge in [0, 0.05) is 29.9 Å². The molecule has 4 N–H and O–H groups in total. The standard InChI is InChI=1S/C22H23FN2O4/c23-10-4-7-16(24)14-25-11-12-28-19-9-8-17-18(15-5-2-1-3-6-15)13-20(26)29-22(17)21(19)27/h1-3,5-6,8-9,13-14,25,27H,4,7,10-12,24H2/b16-14-. The molecule has 0 aliphatic carbocycles. The average Bonchev–Trinajstić information content (AvgIpc) is 2.74. The average molecular weight is 398 g/mol. The molecule has 1 heterocycles. The Morgan fingerprint density at radius 1 is 1.24 bits per heavy atom. The summed E-state index contributed by atoms with van der Waals surface area (Å²) in [5.41, 5.74) is 7.33. The van der Waals surface area contributed by atoms with Gasteiger partial charge in [-0.25, -0.2) is 4.79 Å². The zero-order valence-corrected chi connectivity index (χ0v) is 15.9. The van der Waals surface area contributed by atoms with E-state index in [2.05, 4.69) is 5.32 Å². The largest absolute Gasteiger partial charge is 0.502 e. The first-order valence-electron chi connectivity index (χ1n) is 9.32. The van der Waals surface area contributed by atoms with Gasteiger partial charge in [-0.1, -0.05) is 30.3 Å². The zero-order valence-electron chi connectivity index (χ0n) is 15.9. The third-order valence-corrected chi connectivity index (χ3v) is 4.32. The highest BCUT2D eigenvalue weighted by atomic mass is 19.1. The van der Waals surface area contributed by atoms with Gasteiger partial charge in [0.05, 0.1) is 6.67 Å². The fourth-order valence-corrected chi connectivity index (χ4v) is 2.93. The van der Waals surface area contributed by atoms with Gasteiger partial charge in [0.25, 0.3) is 0 Å². The molecule has 0 radical (unpaired) electrons.